The molecule has 7 nitrogen and oxygen atoms in total. The maximum atomic E-state index is 12.4. The van der Waals surface area contributed by atoms with Crippen LogP contribution in [-0.4, -0.2) is 31.1 Å². The number of unbranched alkanes of at least 4 members (excludes halogenated alkanes) is 1. The minimum Gasteiger partial charge on any atom is -0.300 e. The SMILES string of the molecule is CCCCc1nnc(NC(=O)CCNS(=O)(=O)c2cc(C)ccc2C)s1. The van der Waals surface area contributed by atoms with E-state index >= 15 is 0 Å². The van der Waals surface area contributed by atoms with Crippen LogP contribution in [0.5, 0.6) is 0 Å². The number of rotatable bonds is 9. The van der Waals surface area contributed by atoms with E-state index in [0.29, 0.717) is 10.7 Å². The predicted octanol–water partition coefficient (Wildman–Crippen LogP) is 2.80. The Balaban J connectivity index is 1.85. The van der Waals surface area contributed by atoms with E-state index in [1.807, 2.05) is 13.0 Å². The van der Waals surface area contributed by atoms with Gasteiger partial charge in [0, 0.05) is 19.4 Å². The van der Waals surface area contributed by atoms with E-state index in [-0.39, 0.29) is 23.8 Å². The third-order valence-electron chi connectivity index (χ3n) is 3.73. The molecular formula is C17H24N4O3S2. The third kappa shape index (κ3) is 5.86. The van der Waals surface area contributed by atoms with Crippen LogP contribution >= 0.6 is 11.3 Å². The lowest BCUT2D eigenvalue weighted by atomic mass is 10.2. The highest BCUT2D eigenvalue weighted by atomic mass is 32.2. The zero-order valence-electron chi connectivity index (χ0n) is 15.2. The van der Waals surface area contributed by atoms with Crippen molar-refractivity contribution in [1.82, 2.24) is 14.9 Å². The molecule has 2 N–H and O–H groups in total. The van der Waals surface area contributed by atoms with Crippen LogP contribution in [0.2, 0.25) is 0 Å². The number of hydrogen-bond acceptors (Lipinski definition) is 6. The van der Waals surface area contributed by atoms with Gasteiger partial charge in [0.05, 0.1) is 4.90 Å². The van der Waals surface area contributed by atoms with E-state index in [2.05, 4.69) is 27.2 Å². The number of anilines is 1. The van der Waals surface area contributed by atoms with Gasteiger partial charge < -0.3 is 5.32 Å². The first-order chi connectivity index (χ1) is 12.3. The van der Waals surface area contributed by atoms with E-state index in [0.717, 1.165) is 29.8 Å². The number of hydrogen-bond donors (Lipinski definition) is 2. The molecule has 0 bridgehead atoms. The average molecular weight is 397 g/mol. The Labute approximate surface area is 158 Å². The molecule has 0 saturated carbocycles. The van der Waals surface area contributed by atoms with Gasteiger partial charge in [0.1, 0.15) is 5.01 Å². The van der Waals surface area contributed by atoms with E-state index in [1.165, 1.54) is 11.3 Å². The fourth-order valence-corrected chi connectivity index (χ4v) is 4.45. The molecule has 0 atom stereocenters. The summed E-state index contributed by atoms with van der Waals surface area (Å²) in [4.78, 5) is 12.2. The van der Waals surface area contributed by atoms with Crippen molar-refractivity contribution in [2.75, 3.05) is 11.9 Å². The van der Waals surface area contributed by atoms with E-state index in [4.69, 9.17) is 0 Å². The lowest BCUT2D eigenvalue weighted by Gasteiger charge is -2.10. The van der Waals surface area contributed by atoms with Crippen molar-refractivity contribution in [3.63, 3.8) is 0 Å². The monoisotopic (exact) mass is 396 g/mol. The molecule has 0 aliphatic carbocycles. The maximum absolute atomic E-state index is 12.4. The Kier molecular flexibility index (Phi) is 7.24. The number of aromatic nitrogens is 2. The van der Waals surface area contributed by atoms with Crippen LogP contribution in [0.4, 0.5) is 5.13 Å². The predicted molar refractivity (Wildman–Crippen MR) is 103 cm³/mol. The van der Waals surface area contributed by atoms with Crippen molar-refractivity contribution in [2.24, 2.45) is 0 Å². The molecule has 0 radical (unpaired) electrons. The Morgan fingerprint density at radius 1 is 1.23 bits per heavy atom. The smallest absolute Gasteiger partial charge is 0.240 e. The molecule has 142 valence electrons. The summed E-state index contributed by atoms with van der Waals surface area (Å²) in [6.07, 6.45) is 2.97. The summed E-state index contributed by atoms with van der Waals surface area (Å²) in [5, 5.41) is 11.9. The molecule has 1 aromatic heterocycles. The topological polar surface area (TPSA) is 101 Å². The largest absolute Gasteiger partial charge is 0.300 e. The highest BCUT2D eigenvalue weighted by molar-refractivity contribution is 7.89. The van der Waals surface area contributed by atoms with Gasteiger partial charge in [-0.25, -0.2) is 13.1 Å². The standard InChI is InChI=1S/C17H24N4O3S2/c1-4-5-6-16-20-21-17(25-16)19-15(22)9-10-18-26(23,24)14-11-12(2)7-8-13(14)3/h7-8,11,18H,4-6,9-10H2,1-3H3,(H,19,21,22). The third-order valence-corrected chi connectivity index (χ3v) is 6.24. The molecule has 26 heavy (non-hydrogen) atoms. The molecule has 0 unspecified atom stereocenters. The summed E-state index contributed by atoms with van der Waals surface area (Å²) in [5.74, 6) is -0.299. The van der Waals surface area contributed by atoms with Crippen molar-refractivity contribution in [1.29, 1.82) is 0 Å². The average Bonchev–Trinajstić information content (AvgIpc) is 3.02. The normalized spacial score (nSPS) is 11.5. The van der Waals surface area contributed by atoms with Crippen molar-refractivity contribution >= 4 is 32.4 Å². The summed E-state index contributed by atoms with van der Waals surface area (Å²) < 4.78 is 27.2. The molecule has 0 aliphatic rings. The van der Waals surface area contributed by atoms with Gasteiger partial charge in [-0.3, -0.25) is 4.79 Å². The van der Waals surface area contributed by atoms with Crippen LogP contribution in [0.15, 0.2) is 23.1 Å². The van der Waals surface area contributed by atoms with Gasteiger partial charge in [-0.2, -0.15) is 0 Å². The molecule has 2 rings (SSSR count). The van der Waals surface area contributed by atoms with Gasteiger partial charge in [-0.15, -0.1) is 10.2 Å². The van der Waals surface area contributed by atoms with E-state index < -0.39 is 10.0 Å². The Hall–Kier alpha value is -1.84. The fraction of sp³-hybridized carbons (Fsp3) is 0.471. The van der Waals surface area contributed by atoms with Gasteiger partial charge in [-0.1, -0.05) is 36.8 Å². The molecule has 0 saturated heterocycles. The van der Waals surface area contributed by atoms with Crippen LogP contribution < -0.4 is 10.0 Å². The van der Waals surface area contributed by atoms with Crippen molar-refractivity contribution < 1.29 is 13.2 Å². The lowest BCUT2D eigenvalue weighted by Crippen LogP contribution is -2.28. The minimum atomic E-state index is -3.64. The molecule has 0 aliphatic heterocycles. The molecule has 9 heteroatoms. The second kappa shape index (κ2) is 9.20. The molecule has 0 spiro atoms. The van der Waals surface area contributed by atoms with Gasteiger partial charge in [-0.05, 0) is 37.5 Å². The fourth-order valence-electron chi connectivity index (χ4n) is 2.29. The first kappa shape index (κ1) is 20.5. The van der Waals surface area contributed by atoms with Crippen molar-refractivity contribution in [2.45, 2.75) is 51.3 Å². The summed E-state index contributed by atoms with van der Waals surface area (Å²) in [7, 11) is -3.64. The molecule has 2 aromatic rings. The van der Waals surface area contributed by atoms with Gasteiger partial charge >= 0.3 is 0 Å². The van der Waals surface area contributed by atoms with Crippen LogP contribution in [0.1, 0.15) is 42.3 Å². The van der Waals surface area contributed by atoms with Crippen LogP contribution in [0, 0.1) is 13.8 Å². The Morgan fingerprint density at radius 2 is 2.00 bits per heavy atom. The zero-order chi connectivity index (χ0) is 19.2. The highest BCUT2D eigenvalue weighted by Crippen LogP contribution is 2.18. The number of carbonyl (C=O) groups excluding carboxylic acids is 1. The van der Waals surface area contributed by atoms with Crippen molar-refractivity contribution in [3.05, 3.63) is 34.3 Å². The first-order valence-corrected chi connectivity index (χ1v) is 10.8. The quantitative estimate of drug-likeness (QED) is 0.679. The van der Waals surface area contributed by atoms with Gasteiger partial charge in [0.15, 0.2) is 0 Å². The molecule has 1 aromatic carbocycles. The summed E-state index contributed by atoms with van der Waals surface area (Å²) in [6.45, 7) is 5.70. The molecule has 0 fully saturated rings. The second-order valence-corrected chi connectivity index (χ2v) is 8.87. The first-order valence-electron chi connectivity index (χ1n) is 8.51. The number of carbonyl (C=O) groups is 1. The zero-order valence-corrected chi connectivity index (χ0v) is 16.8. The van der Waals surface area contributed by atoms with Gasteiger partial charge in [0.25, 0.3) is 0 Å². The molecule has 1 heterocycles. The highest BCUT2D eigenvalue weighted by Gasteiger charge is 2.17. The van der Waals surface area contributed by atoms with Crippen molar-refractivity contribution in [3.8, 4) is 0 Å². The second-order valence-electron chi connectivity index (χ2n) is 6.07. The number of sulfonamides is 1. The maximum Gasteiger partial charge on any atom is 0.240 e. The van der Waals surface area contributed by atoms with Gasteiger partial charge in [0.2, 0.25) is 21.1 Å². The Bertz CT molecular complexity index is 863. The van der Waals surface area contributed by atoms with Crippen LogP contribution in [0.25, 0.3) is 0 Å². The Morgan fingerprint density at radius 3 is 2.73 bits per heavy atom. The molecule has 1 amide bonds. The van der Waals surface area contributed by atoms with E-state index in [1.54, 1.807) is 19.1 Å². The number of amides is 1. The minimum absolute atomic E-state index is 0.0169. The van der Waals surface area contributed by atoms with E-state index in [9.17, 15) is 13.2 Å². The summed E-state index contributed by atoms with van der Waals surface area (Å²) >= 11 is 1.35. The summed E-state index contributed by atoms with van der Waals surface area (Å²) in [5.41, 5.74) is 1.53. The summed E-state index contributed by atoms with van der Waals surface area (Å²) in [6, 6.07) is 5.25. The number of aryl methyl sites for hydroxylation is 3. The molecular weight excluding hydrogens is 372 g/mol. The number of nitrogens with zero attached hydrogens (tertiary/aromatic N) is 2. The lowest BCUT2D eigenvalue weighted by molar-refractivity contribution is -0.116. The van der Waals surface area contributed by atoms with Crippen LogP contribution in [-0.2, 0) is 21.2 Å². The number of benzene rings is 1. The van der Waals surface area contributed by atoms with Crippen LogP contribution in [0.3, 0.4) is 0 Å². The number of nitrogens with one attached hydrogen (secondary N) is 2.